The summed E-state index contributed by atoms with van der Waals surface area (Å²) in [7, 11) is 0. The summed E-state index contributed by atoms with van der Waals surface area (Å²) in [6.45, 7) is 4.43. The van der Waals surface area contributed by atoms with Crippen molar-refractivity contribution < 1.29 is 4.74 Å². The van der Waals surface area contributed by atoms with Gasteiger partial charge in [-0.3, -0.25) is 0 Å². The lowest BCUT2D eigenvalue weighted by Crippen LogP contribution is -2.19. The smallest absolute Gasteiger partial charge is 0.0495 e. The maximum atomic E-state index is 5.33. The standard InChI is InChI=1S/C11H21NO/c1-2-10(1)3-6-12-7-4-11-5-8-13-9-11/h10-12H,1-9H2. The molecule has 0 radical (unpaired) electrons. The van der Waals surface area contributed by atoms with Crippen molar-refractivity contribution >= 4 is 0 Å². The minimum Gasteiger partial charge on any atom is -0.381 e. The van der Waals surface area contributed by atoms with Gasteiger partial charge in [-0.15, -0.1) is 0 Å². The van der Waals surface area contributed by atoms with Gasteiger partial charge in [-0.05, 0) is 44.2 Å². The Morgan fingerprint density at radius 1 is 1.00 bits per heavy atom. The summed E-state index contributed by atoms with van der Waals surface area (Å²) in [4.78, 5) is 0. The van der Waals surface area contributed by atoms with E-state index in [2.05, 4.69) is 5.32 Å². The summed E-state index contributed by atoms with van der Waals surface area (Å²) in [6.07, 6.45) is 6.96. The second-order valence-electron chi connectivity index (χ2n) is 4.50. The lowest BCUT2D eigenvalue weighted by Gasteiger charge is -2.07. The van der Waals surface area contributed by atoms with E-state index in [0.717, 1.165) is 25.0 Å². The van der Waals surface area contributed by atoms with Crippen LogP contribution >= 0.6 is 0 Å². The number of hydrogen-bond acceptors (Lipinski definition) is 2. The van der Waals surface area contributed by atoms with Crippen molar-refractivity contribution in [2.45, 2.75) is 32.1 Å². The van der Waals surface area contributed by atoms with Gasteiger partial charge in [-0.25, -0.2) is 0 Å². The molecule has 76 valence electrons. The molecule has 2 rings (SSSR count). The minimum atomic E-state index is 0.841. The van der Waals surface area contributed by atoms with Crippen molar-refractivity contribution in [3.8, 4) is 0 Å². The Morgan fingerprint density at radius 3 is 2.38 bits per heavy atom. The Bertz CT molecular complexity index is 139. The van der Waals surface area contributed by atoms with Gasteiger partial charge in [0.15, 0.2) is 0 Å². The van der Waals surface area contributed by atoms with Gasteiger partial charge in [0, 0.05) is 13.2 Å². The highest BCUT2D eigenvalue weighted by Crippen LogP contribution is 2.31. The quantitative estimate of drug-likeness (QED) is 0.634. The fourth-order valence-corrected chi connectivity index (χ4v) is 1.95. The lowest BCUT2D eigenvalue weighted by atomic mass is 10.1. The molecule has 0 aromatic carbocycles. The summed E-state index contributed by atoms with van der Waals surface area (Å²) in [6, 6.07) is 0. The number of hydrogen-bond donors (Lipinski definition) is 1. The van der Waals surface area contributed by atoms with Gasteiger partial charge < -0.3 is 10.1 Å². The molecule has 1 atom stereocenters. The van der Waals surface area contributed by atoms with Crippen LogP contribution in [-0.2, 0) is 4.74 Å². The zero-order valence-corrected chi connectivity index (χ0v) is 8.43. The highest BCUT2D eigenvalue weighted by molar-refractivity contribution is 4.74. The van der Waals surface area contributed by atoms with Gasteiger partial charge in [-0.1, -0.05) is 12.8 Å². The van der Waals surface area contributed by atoms with Crippen molar-refractivity contribution in [3.05, 3.63) is 0 Å². The largest absolute Gasteiger partial charge is 0.381 e. The van der Waals surface area contributed by atoms with Crippen molar-refractivity contribution in [3.63, 3.8) is 0 Å². The fourth-order valence-electron chi connectivity index (χ4n) is 1.95. The molecule has 2 aliphatic rings. The maximum absolute atomic E-state index is 5.33. The molecule has 13 heavy (non-hydrogen) atoms. The Morgan fingerprint density at radius 2 is 1.77 bits per heavy atom. The van der Waals surface area contributed by atoms with Crippen LogP contribution in [0.15, 0.2) is 0 Å². The second-order valence-corrected chi connectivity index (χ2v) is 4.50. The Kier molecular flexibility index (Phi) is 3.62. The van der Waals surface area contributed by atoms with Gasteiger partial charge in [0.05, 0.1) is 0 Å². The highest BCUT2D eigenvalue weighted by atomic mass is 16.5. The third-order valence-electron chi connectivity index (χ3n) is 3.18. The highest BCUT2D eigenvalue weighted by Gasteiger charge is 2.20. The van der Waals surface area contributed by atoms with Crippen LogP contribution in [0.25, 0.3) is 0 Å². The molecule has 1 saturated carbocycles. The van der Waals surface area contributed by atoms with Crippen LogP contribution in [0.1, 0.15) is 32.1 Å². The zero-order chi connectivity index (χ0) is 8.93. The SMILES string of the molecule is C(CC1CC1)NCCC1CCOC1. The minimum absolute atomic E-state index is 0.841. The van der Waals surface area contributed by atoms with Crippen molar-refractivity contribution in [2.75, 3.05) is 26.3 Å². The Hall–Kier alpha value is -0.0800. The zero-order valence-electron chi connectivity index (χ0n) is 8.43. The summed E-state index contributed by atoms with van der Waals surface area (Å²) in [5.41, 5.74) is 0. The number of ether oxygens (including phenoxy) is 1. The van der Waals surface area contributed by atoms with Crippen LogP contribution in [-0.4, -0.2) is 26.3 Å². The fraction of sp³-hybridized carbons (Fsp3) is 1.00. The van der Waals surface area contributed by atoms with Crippen molar-refractivity contribution in [1.29, 1.82) is 0 Å². The molecule has 0 aromatic rings. The van der Waals surface area contributed by atoms with E-state index in [1.54, 1.807) is 0 Å². The average Bonchev–Trinajstić information content (AvgIpc) is 2.81. The van der Waals surface area contributed by atoms with Crippen LogP contribution in [0.4, 0.5) is 0 Å². The first-order chi connectivity index (χ1) is 6.45. The van der Waals surface area contributed by atoms with Gasteiger partial charge in [-0.2, -0.15) is 0 Å². The second kappa shape index (κ2) is 4.97. The van der Waals surface area contributed by atoms with Crippen LogP contribution in [0.3, 0.4) is 0 Å². The molecular formula is C11H21NO. The average molecular weight is 183 g/mol. The van der Waals surface area contributed by atoms with Gasteiger partial charge in [0.1, 0.15) is 0 Å². The molecule has 0 spiro atoms. The molecule has 0 bridgehead atoms. The van der Waals surface area contributed by atoms with Crippen molar-refractivity contribution in [1.82, 2.24) is 5.32 Å². The molecule has 1 aliphatic carbocycles. The topological polar surface area (TPSA) is 21.3 Å². The molecule has 1 heterocycles. The number of rotatable bonds is 6. The monoisotopic (exact) mass is 183 g/mol. The first kappa shape index (κ1) is 9.47. The summed E-state index contributed by atoms with van der Waals surface area (Å²) in [5, 5.41) is 3.53. The summed E-state index contributed by atoms with van der Waals surface area (Å²) < 4.78 is 5.33. The summed E-state index contributed by atoms with van der Waals surface area (Å²) in [5.74, 6) is 1.91. The third kappa shape index (κ3) is 3.65. The molecule has 2 nitrogen and oxygen atoms in total. The van der Waals surface area contributed by atoms with E-state index < -0.39 is 0 Å². The van der Waals surface area contributed by atoms with E-state index in [1.807, 2.05) is 0 Å². The third-order valence-corrected chi connectivity index (χ3v) is 3.18. The van der Waals surface area contributed by atoms with Crippen LogP contribution in [0, 0.1) is 11.8 Å². The van der Waals surface area contributed by atoms with E-state index in [9.17, 15) is 0 Å². The number of nitrogens with one attached hydrogen (secondary N) is 1. The first-order valence-electron chi connectivity index (χ1n) is 5.73. The van der Waals surface area contributed by atoms with Crippen LogP contribution in [0.2, 0.25) is 0 Å². The molecule has 2 heteroatoms. The molecule has 1 unspecified atom stereocenters. The van der Waals surface area contributed by atoms with E-state index >= 15 is 0 Å². The molecule has 1 N–H and O–H groups in total. The molecule has 2 fully saturated rings. The predicted molar refractivity (Wildman–Crippen MR) is 53.8 cm³/mol. The van der Waals surface area contributed by atoms with Gasteiger partial charge in [0.25, 0.3) is 0 Å². The molecule has 0 amide bonds. The van der Waals surface area contributed by atoms with E-state index in [4.69, 9.17) is 4.74 Å². The molecule has 1 aliphatic heterocycles. The van der Waals surface area contributed by atoms with E-state index in [-0.39, 0.29) is 0 Å². The summed E-state index contributed by atoms with van der Waals surface area (Å²) >= 11 is 0. The predicted octanol–water partition coefficient (Wildman–Crippen LogP) is 1.80. The molecule has 0 aromatic heterocycles. The normalized spacial score (nSPS) is 28.2. The van der Waals surface area contributed by atoms with E-state index in [0.29, 0.717) is 0 Å². The Balaban J connectivity index is 1.39. The lowest BCUT2D eigenvalue weighted by molar-refractivity contribution is 0.184. The Labute approximate surface area is 81.0 Å². The van der Waals surface area contributed by atoms with Gasteiger partial charge in [0.2, 0.25) is 0 Å². The maximum Gasteiger partial charge on any atom is 0.0495 e. The molecular weight excluding hydrogens is 162 g/mol. The van der Waals surface area contributed by atoms with Crippen LogP contribution in [0.5, 0.6) is 0 Å². The first-order valence-corrected chi connectivity index (χ1v) is 5.73. The van der Waals surface area contributed by atoms with Crippen LogP contribution < -0.4 is 5.32 Å². The van der Waals surface area contributed by atoms with E-state index in [1.165, 1.54) is 45.2 Å². The molecule has 1 saturated heterocycles. The van der Waals surface area contributed by atoms with Gasteiger partial charge >= 0.3 is 0 Å². The van der Waals surface area contributed by atoms with Crippen molar-refractivity contribution in [2.24, 2.45) is 11.8 Å².